The summed E-state index contributed by atoms with van der Waals surface area (Å²) in [7, 11) is 0. The second kappa shape index (κ2) is 15.2. The number of anilines is 2. The zero-order valence-corrected chi connectivity index (χ0v) is 27.3. The van der Waals surface area contributed by atoms with Gasteiger partial charge in [0.1, 0.15) is 17.6 Å². The second-order valence-corrected chi connectivity index (χ2v) is 11.4. The number of amides is 3. The lowest BCUT2D eigenvalue weighted by Crippen LogP contribution is -2.53. The van der Waals surface area contributed by atoms with E-state index in [1.807, 2.05) is 73.7 Å². The largest absolute Gasteiger partial charge is 0.433 e. The standard InChI is InChI=1S/C20H17F3N6O2.C15H20N2O/c1-2-28-18-12(11-25-29(18)13-6-4-3-5-7-13)10-14(19(28)31)26-17(30)16-24-9-8-15(27-16)20(21,22)23;1-3-14(12(2)17-10-7-11-17)15(18)16-13-8-5-4-6-9-13/h3-9,11,14H,2,10H2,1H3,(H,26,30);3-6,8-9,12H,7,10-11H2,1-2H3,(H,16,18)/b;14-3+. The van der Waals surface area contributed by atoms with Gasteiger partial charge in [0.05, 0.1) is 11.9 Å². The highest BCUT2D eigenvalue weighted by atomic mass is 19.4. The molecular weight excluding hydrogens is 637 g/mol. The van der Waals surface area contributed by atoms with Gasteiger partial charge in [0.2, 0.25) is 5.82 Å². The fourth-order valence-corrected chi connectivity index (χ4v) is 5.64. The predicted octanol–water partition coefficient (Wildman–Crippen LogP) is 5.05. The van der Waals surface area contributed by atoms with E-state index in [4.69, 9.17) is 0 Å². The summed E-state index contributed by atoms with van der Waals surface area (Å²) in [5.41, 5.74) is 1.95. The van der Waals surface area contributed by atoms with Gasteiger partial charge in [0.15, 0.2) is 0 Å². The summed E-state index contributed by atoms with van der Waals surface area (Å²) in [5.74, 6) is -1.41. The van der Waals surface area contributed by atoms with Crippen molar-refractivity contribution in [3.63, 3.8) is 0 Å². The van der Waals surface area contributed by atoms with Crippen molar-refractivity contribution in [3.05, 3.63) is 108 Å². The molecule has 0 bridgehead atoms. The molecule has 4 heterocycles. The van der Waals surface area contributed by atoms with E-state index in [-0.39, 0.29) is 18.4 Å². The van der Waals surface area contributed by atoms with Crippen LogP contribution >= 0.6 is 0 Å². The number of likely N-dealkylation sites (tertiary alicyclic amines) is 1. The smallest absolute Gasteiger partial charge is 0.337 e. The number of aromatic nitrogens is 4. The minimum Gasteiger partial charge on any atom is -0.337 e. The first-order valence-electron chi connectivity index (χ1n) is 15.9. The Labute approximate surface area is 281 Å². The van der Waals surface area contributed by atoms with Crippen LogP contribution in [0.25, 0.3) is 5.69 Å². The van der Waals surface area contributed by atoms with Crippen LogP contribution in [-0.2, 0) is 22.2 Å². The van der Waals surface area contributed by atoms with Gasteiger partial charge in [-0.15, -0.1) is 0 Å². The molecule has 2 aliphatic heterocycles. The molecule has 49 heavy (non-hydrogen) atoms. The maximum atomic E-state index is 13.0. The molecule has 4 aromatic rings. The van der Waals surface area contributed by atoms with Crippen LogP contribution in [0.2, 0.25) is 0 Å². The number of halogens is 3. The van der Waals surface area contributed by atoms with Crippen LogP contribution in [0.1, 0.15) is 49.1 Å². The normalized spacial score (nSPS) is 16.9. The first-order valence-corrected chi connectivity index (χ1v) is 15.9. The van der Waals surface area contributed by atoms with Gasteiger partial charge in [0.25, 0.3) is 17.7 Å². The maximum absolute atomic E-state index is 13.0. The highest BCUT2D eigenvalue weighted by molar-refractivity contribution is 6.04. The van der Waals surface area contributed by atoms with Gasteiger partial charge in [-0.3, -0.25) is 24.2 Å². The number of nitrogens with zero attached hydrogens (tertiary/aromatic N) is 6. The summed E-state index contributed by atoms with van der Waals surface area (Å²) < 4.78 is 40.2. The van der Waals surface area contributed by atoms with Gasteiger partial charge in [-0.05, 0) is 70.6 Å². The molecule has 256 valence electrons. The highest BCUT2D eigenvalue weighted by Crippen LogP contribution is 2.31. The summed E-state index contributed by atoms with van der Waals surface area (Å²) in [6.45, 7) is 8.31. The summed E-state index contributed by atoms with van der Waals surface area (Å²) >= 11 is 0. The molecule has 2 N–H and O–H groups in total. The van der Waals surface area contributed by atoms with E-state index >= 15 is 0 Å². The van der Waals surface area contributed by atoms with Crippen LogP contribution < -0.4 is 15.5 Å². The zero-order chi connectivity index (χ0) is 35.1. The maximum Gasteiger partial charge on any atom is 0.433 e. The lowest BCUT2D eigenvalue weighted by atomic mass is 10.0. The number of hydrogen-bond acceptors (Lipinski definition) is 7. The van der Waals surface area contributed by atoms with E-state index in [2.05, 4.69) is 37.5 Å². The molecule has 0 spiro atoms. The number of nitrogens with one attached hydrogen (secondary N) is 2. The molecule has 2 aliphatic rings. The van der Waals surface area contributed by atoms with Crippen molar-refractivity contribution in [2.75, 3.05) is 29.9 Å². The van der Waals surface area contributed by atoms with Crippen LogP contribution in [0.3, 0.4) is 0 Å². The molecule has 14 heteroatoms. The first-order chi connectivity index (χ1) is 23.5. The van der Waals surface area contributed by atoms with Gasteiger partial charge >= 0.3 is 6.18 Å². The number of allylic oxidation sites excluding steroid dienone is 1. The van der Waals surface area contributed by atoms with Crippen molar-refractivity contribution in [2.45, 2.75) is 51.9 Å². The van der Waals surface area contributed by atoms with Crippen molar-refractivity contribution >= 4 is 29.2 Å². The quantitative estimate of drug-likeness (QED) is 0.251. The summed E-state index contributed by atoms with van der Waals surface area (Å²) in [4.78, 5) is 48.4. The molecule has 2 aromatic carbocycles. The van der Waals surface area contributed by atoms with Gasteiger partial charge in [-0.1, -0.05) is 42.5 Å². The van der Waals surface area contributed by atoms with Gasteiger partial charge in [-0.2, -0.15) is 18.3 Å². The van der Waals surface area contributed by atoms with Crippen molar-refractivity contribution in [3.8, 4) is 5.69 Å². The number of hydrogen-bond donors (Lipinski definition) is 2. The number of carbonyl (C=O) groups excluding carboxylic acids is 3. The average molecular weight is 675 g/mol. The molecule has 0 saturated carbocycles. The Hall–Kier alpha value is -5.37. The number of carbonyl (C=O) groups is 3. The van der Waals surface area contributed by atoms with E-state index in [0.29, 0.717) is 18.4 Å². The van der Waals surface area contributed by atoms with Crippen molar-refractivity contribution in [2.24, 2.45) is 0 Å². The van der Waals surface area contributed by atoms with Crippen molar-refractivity contribution in [1.29, 1.82) is 0 Å². The third kappa shape index (κ3) is 8.03. The van der Waals surface area contributed by atoms with Crippen LogP contribution in [-0.4, -0.2) is 74.1 Å². The third-order valence-electron chi connectivity index (χ3n) is 8.33. The third-order valence-corrected chi connectivity index (χ3v) is 8.33. The van der Waals surface area contributed by atoms with Crippen LogP contribution in [0.15, 0.2) is 90.8 Å². The predicted molar refractivity (Wildman–Crippen MR) is 178 cm³/mol. The van der Waals surface area contributed by atoms with Crippen LogP contribution in [0.4, 0.5) is 24.7 Å². The van der Waals surface area contributed by atoms with Crippen molar-refractivity contribution in [1.82, 2.24) is 30.0 Å². The van der Waals surface area contributed by atoms with Gasteiger partial charge < -0.3 is 10.6 Å². The molecule has 2 atom stereocenters. The monoisotopic (exact) mass is 674 g/mol. The Balaban J connectivity index is 0.000000221. The molecule has 0 radical (unpaired) electrons. The Kier molecular flexibility index (Phi) is 10.9. The van der Waals surface area contributed by atoms with E-state index in [1.165, 1.54) is 11.3 Å². The van der Waals surface area contributed by atoms with Crippen molar-refractivity contribution < 1.29 is 27.6 Å². The number of alkyl halides is 3. The Morgan fingerprint density at radius 3 is 2.31 bits per heavy atom. The number of para-hydroxylation sites is 2. The SMILES string of the molecule is C/C=C(/C(=O)Nc1ccccc1)C(C)N1CCC1.CCN1C(=O)C(NC(=O)c2nccc(C(F)(F)F)n2)Cc2cnn(-c3ccccc3)c21. The molecule has 2 aromatic heterocycles. The first kappa shape index (κ1) is 35.0. The molecule has 1 fully saturated rings. The minimum atomic E-state index is -4.71. The molecule has 11 nitrogen and oxygen atoms in total. The molecular formula is C35H37F3N8O3. The lowest BCUT2D eigenvalue weighted by molar-refractivity contribution is -0.141. The molecule has 0 aliphatic carbocycles. The van der Waals surface area contributed by atoms with E-state index in [0.717, 1.165) is 41.8 Å². The van der Waals surface area contributed by atoms with Crippen LogP contribution in [0.5, 0.6) is 0 Å². The number of benzene rings is 2. The fraction of sp³-hybridized carbons (Fsp3) is 0.314. The second-order valence-electron chi connectivity index (χ2n) is 11.4. The zero-order valence-electron chi connectivity index (χ0n) is 27.3. The fourth-order valence-electron chi connectivity index (χ4n) is 5.64. The summed E-state index contributed by atoms with van der Waals surface area (Å²) in [6, 6.07) is 18.7. The topological polar surface area (TPSA) is 125 Å². The van der Waals surface area contributed by atoms with Gasteiger partial charge in [0, 0.05) is 42.0 Å². The molecule has 3 amide bonds. The lowest BCUT2D eigenvalue weighted by Gasteiger charge is -2.37. The van der Waals surface area contributed by atoms with E-state index in [1.54, 1.807) is 17.8 Å². The minimum absolute atomic E-state index is 0.00287. The highest BCUT2D eigenvalue weighted by Gasteiger charge is 2.38. The number of likely N-dealkylation sites (N-methyl/N-ethyl adjacent to an activating group) is 1. The number of fused-ring (bicyclic) bond motifs is 1. The van der Waals surface area contributed by atoms with E-state index < -0.39 is 35.6 Å². The van der Waals surface area contributed by atoms with E-state index in [9.17, 15) is 27.6 Å². The summed E-state index contributed by atoms with van der Waals surface area (Å²) in [6.07, 6.45) is 1.05. The Morgan fingerprint density at radius 2 is 1.71 bits per heavy atom. The van der Waals surface area contributed by atoms with Crippen LogP contribution in [0, 0.1) is 0 Å². The average Bonchev–Trinajstić information content (AvgIpc) is 3.49. The molecule has 2 unspecified atom stereocenters. The van der Waals surface area contributed by atoms with Gasteiger partial charge in [-0.25, -0.2) is 14.6 Å². The molecule has 1 saturated heterocycles. The Bertz CT molecular complexity index is 1810. The number of rotatable bonds is 8. The molecule has 6 rings (SSSR count). The summed E-state index contributed by atoms with van der Waals surface area (Å²) in [5, 5.41) is 9.77. The Morgan fingerprint density at radius 1 is 1.04 bits per heavy atom.